The molecule has 9 heteroatoms. The third kappa shape index (κ3) is 3.79. The highest BCUT2D eigenvalue weighted by molar-refractivity contribution is 7.18. The van der Waals surface area contributed by atoms with Gasteiger partial charge in [0.05, 0.1) is 6.54 Å². The van der Waals surface area contributed by atoms with Gasteiger partial charge in [0.2, 0.25) is 0 Å². The number of rotatable bonds is 4. The molecule has 0 atom stereocenters. The van der Waals surface area contributed by atoms with E-state index < -0.39 is 18.9 Å². The number of hydrogen-bond acceptors (Lipinski definition) is 6. The van der Waals surface area contributed by atoms with Crippen LogP contribution in [-0.2, 0) is 0 Å². The van der Waals surface area contributed by atoms with Crippen LogP contribution in [0.5, 0.6) is 0 Å². The molecule has 1 aromatic heterocycles. The molecule has 21 heavy (non-hydrogen) atoms. The molecule has 0 spiro atoms. The Bertz CT molecular complexity index is 502. The van der Waals surface area contributed by atoms with Crippen LogP contribution in [0.4, 0.5) is 19.7 Å². The Kier molecular flexibility index (Phi) is 4.94. The molecule has 0 aromatic carbocycles. The van der Waals surface area contributed by atoms with Gasteiger partial charge in [0.1, 0.15) is 10.7 Å². The van der Waals surface area contributed by atoms with Crippen LogP contribution in [0, 0.1) is 0 Å². The highest BCUT2D eigenvalue weighted by atomic mass is 32.1. The lowest BCUT2D eigenvalue weighted by Crippen LogP contribution is -2.44. The number of nitrogens with two attached hydrogens (primary N) is 1. The second-order valence-electron chi connectivity index (χ2n) is 5.08. The average molecular weight is 319 g/mol. The molecule has 0 bridgehead atoms. The Morgan fingerprint density at radius 2 is 2.05 bits per heavy atom. The van der Waals surface area contributed by atoms with Gasteiger partial charge in [-0.3, -0.25) is 4.79 Å². The SMILES string of the molecule is CN1CCN(c2nc(N)c(C(=O)N(C)CC(F)F)s2)CC1. The van der Waals surface area contributed by atoms with Crippen LogP contribution in [-0.4, -0.2) is 73.9 Å². The van der Waals surface area contributed by atoms with Gasteiger partial charge in [-0.2, -0.15) is 0 Å². The minimum atomic E-state index is -2.56. The third-order valence-electron chi connectivity index (χ3n) is 3.37. The number of likely N-dealkylation sites (N-methyl/N-ethyl adjacent to an activating group) is 1. The van der Waals surface area contributed by atoms with Crippen LogP contribution in [0.1, 0.15) is 9.67 Å². The number of carbonyl (C=O) groups is 1. The number of carbonyl (C=O) groups excluding carboxylic acids is 1. The minimum absolute atomic E-state index is 0.111. The summed E-state index contributed by atoms with van der Waals surface area (Å²) in [5, 5.41) is 0.675. The lowest BCUT2D eigenvalue weighted by atomic mass is 10.3. The normalized spacial score (nSPS) is 16.5. The van der Waals surface area contributed by atoms with E-state index in [1.54, 1.807) is 0 Å². The molecule has 0 radical (unpaired) electrons. The Morgan fingerprint density at radius 3 is 2.62 bits per heavy atom. The van der Waals surface area contributed by atoms with Crippen molar-refractivity contribution in [1.29, 1.82) is 0 Å². The molecule has 118 valence electrons. The van der Waals surface area contributed by atoms with Crippen molar-refractivity contribution < 1.29 is 13.6 Å². The summed E-state index contributed by atoms with van der Waals surface area (Å²) in [6.45, 7) is 2.83. The number of thiazole rings is 1. The van der Waals surface area contributed by atoms with Gasteiger partial charge in [-0.25, -0.2) is 13.8 Å². The van der Waals surface area contributed by atoms with E-state index >= 15 is 0 Å². The largest absolute Gasteiger partial charge is 0.382 e. The first-order valence-corrected chi connectivity index (χ1v) is 7.43. The fraction of sp³-hybridized carbons (Fsp3) is 0.667. The molecule has 1 saturated heterocycles. The maximum Gasteiger partial charge on any atom is 0.267 e. The minimum Gasteiger partial charge on any atom is -0.382 e. The highest BCUT2D eigenvalue weighted by Crippen LogP contribution is 2.29. The Labute approximate surface area is 126 Å². The van der Waals surface area contributed by atoms with E-state index in [4.69, 9.17) is 5.73 Å². The number of alkyl halides is 2. The van der Waals surface area contributed by atoms with Crippen molar-refractivity contribution >= 4 is 28.2 Å². The molecule has 0 aliphatic carbocycles. The van der Waals surface area contributed by atoms with E-state index in [2.05, 4.69) is 14.8 Å². The zero-order valence-corrected chi connectivity index (χ0v) is 12.9. The summed E-state index contributed by atoms with van der Waals surface area (Å²) < 4.78 is 24.7. The predicted molar refractivity (Wildman–Crippen MR) is 79.2 cm³/mol. The molecule has 1 aliphatic heterocycles. The van der Waals surface area contributed by atoms with Crippen molar-refractivity contribution in [2.24, 2.45) is 0 Å². The molecule has 0 unspecified atom stereocenters. The van der Waals surface area contributed by atoms with Gasteiger partial charge >= 0.3 is 0 Å². The average Bonchev–Trinajstić information content (AvgIpc) is 2.80. The summed E-state index contributed by atoms with van der Waals surface area (Å²) in [5.74, 6) is -0.397. The lowest BCUT2D eigenvalue weighted by molar-refractivity contribution is 0.0625. The van der Waals surface area contributed by atoms with Crippen LogP contribution in [0.25, 0.3) is 0 Å². The lowest BCUT2D eigenvalue weighted by Gasteiger charge is -2.32. The predicted octanol–water partition coefficient (Wildman–Crippen LogP) is 0.814. The zero-order valence-electron chi connectivity index (χ0n) is 12.1. The van der Waals surface area contributed by atoms with Crippen LogP contribution >= 0.6 is 11.3 Å². The maximum absolute atomic E-state index is 12.3. The fourth-order valence-corrected chi connectivity index (χ4v) is 3.10. The smallest absolute Gasteiger partial charge is 0.267 e. The van der Waals surface area contributed by atoms with E-state index in [0.29, 0.717) is 5.13 Å². The van der Waals surface area contributed by atoms with Crippen molar-refractivity contribution in [3.63, 3.8) is 0 Å². The number of nitrogen functional groups attached to an aromatic ring is 1. The molecule has 2 rings (SSSR count). The molecule has 1 amide bonds. The molecule has 1 aromatic rings. The zero-order chi connectivity index (χ0) is 15.6. The fourth-order valence-electron chi connectivity index (χ4n) is 2.07. The summed E-state index contributed by atoms with van der Waals surface area (Å²) in [6, 6.07) is 0. The van der Waals surface area contributed by atoms with Crippen molar-refractivity contribution in [2.45, 2.75) is 6.43 Å². The van der Waals surface area contributed by atoms with Crippen molar-refractivity contribution in [3.05, 3.63) is 4.88 Å². The second-order valence-corrected chi connectivity index (χ2v) is 6.06. The molecule has 2 N–H and O–H groups in total. The van der Waals surface area contributed by atoms with Gasteiger partial charge in [-0.15, -0.1) is 0 Å². The Balaban J connectivity index is 2.10. The first-order chi connectivity index (χ1) is 9.88. The van der Waals surface area contributed by atoms with E-state index in [9.17, 15) is 13.6 Å². The van der Waals surface area contributed by atoms with Gasteiger partial charge in [-0.05, 0) is 7.05 Å². The van der Waals surface area contributed by atoms with Crippen LogP contribution in [0.3, 0.4) is 0 Å². The third-order valence-corrected chi connectivity index (χ3v) is 4.49. The van der Waals surface area contributed by atoms with Crippen molar-refractivity contribution in [3.8, 4) is 0 Å². The quantitative estimate of drug-likeness (QED) is 0.890. The molecule has 2 heterocycles. The Morgan fingerprint density at radius 1 is 1.43 bits per heavy atom. The van der Waals surface area contributed by atoms with E-state index in [1.807, 2.05) is 7.05 Å². The summed E-state index contributed by atoms with van der Waals surface area (Å²) in [6.07, 6.45) is -2.56. The van der Waals surface area contributed by atoms with Crippen LogP contribution < -0.4 is 10.6 Å². The number of piperazine rings is 1. The maximum atomic E-state index is 12.3. The second kappa shape index (κ2) is 6.52. The standard InChI is InChI=1S/C12H19F2N5OS/c1-17-3-5-19(6-4-17)12-16-10(15)9(21-12)11(20)18(2)7-8(13)14/h8H,3-7,15H2,1-2H3. The monoisotopic (exact) mass is 319 g/mol. The van der Waals surface area contributed by atoms with E-state index in [1.165, 1.54) is 18.4 Å². The number of aromatic nitrogens is 1. The first-order valence-electron chi connectivity index (χ1n) is 6.62. The van der Waals surface area contributed by atoms with Gasteiger partial charge in [0.25, 0.3) is 12.3 Å². The van der Waals surface area contributed by atoms with Gasteiger partial charge in [0, 0.05) is 33.2 Å². The van der Waals surface area contributed by atoms with Crippen molar-refractivity contribution in [1.82, 2.24) is 14.8 Å². The van der Waals surface area contributed by atoms with Gasteiger partial charge in [0.15, 0.2) is 5.13 Å². The number of amides is 1. The topological polar surface area (TPSA) is 65.7 Å². The van der Waals surface area contributed by atoms with Gasteiger partial charge < -0.3 is 20.4 Å². The summed E-state index contributed by atoms with van der Waals surface area (Å²) in [5.41, 5.74) is 5.77. The Hall–Kier alpha value is -1.48. The molecular formula is C12H19F2N5OS. The molecular weight excluding hydrogens is 300 g/mol. The van der Waals surface area contributed by atoms with E-state index in [-0.39, 0.29) is 10.7 Å². The molecule has 6 nitrogen and oxygen atoms in total. The van der Waals surface area contributed by atoms with Crippen molar-refractivity contribution in [2.75, 3.05) is 57.5 Å². The molecule has 1 aliphatic rings. The summed E-state index contributed by atoms with van der Waals surface area (Å²) in [7, 11) is 3.38. The first kappa shape index (κ1) is 15.9. The number of anilines is 2. The number of halogens is 2. The van der Waals surface area contributed by atoms with Crippen LogP contribution in [0.2, 0.25) is 0 Å². The highest BCUT2D eigenvalue weighted by Gasteiger charge is 2.24. The summed E-state index contributed by atoms with van der Waals surface area (Å²) >= 11 is 1.17. The number of nitrogens with zero attached hydrogens (tertiary/aromatic N) is 4. The molecule has 1 fully saturated rings. The molecule has 0 saturated carbocycles. The van der Waals surface area contributed by atoms with Gasteiger partial charge in [-0.1, -0.05) is 11.3 Å². The summed E-state index contributed by atoms with van der Waals surface area (Å²) in [4.78, 5) is 21.8. The van der Waals surface area contributed by atoms with Crippen LogP contribution in [0.15, 0.2) is 0 Å². The van der Waals surface area contributed by atoms with E-state index in [0.717, 1.165) is 31.1 Å². The number of hydrogen-bond donors (Lipinski definition) is 1.